The van der Waals surface area contributed by atoms with E-state index in [4.69, 9.17) is 4.18 Å². The van der Waals surface area contributed by atoms with E-state index in [2.05, 4.69) is 38.1 Å². The number of nitrogens with one attached hydrogen (secondary N) is 1. The number of carbonyl (C=O) groups excluding carboxylic acids is 1. The molecule has 2 aromatic rings. The Kier molecular flexibility index (Phi) is 6.40. The Hall–Kier alpha value is -1.92. The van der Waals surface area contributed by atoms with Crippen LogP contribution in [-0.4, -0.2) is 31.0 Å². The van der Waals surface area contributed by atoms with E-state index in [1.165, 1.54) is 30.1 Å². The van der Waals surface area contributed by atoms with Gasteiger partial charge < -0.3 is 9.50 Å². The average Bonchev–Trinajstić information content (AvgIpc) is 2.95. The summed E-state index contributed by atoms with van der Waals surface area (Å²) in [6, 6.07) is 11.4. The van der Waals surface area contributed by atoms with Crippen LogP contribution in [0, 0.1) is 10.5 Å². The molecule has 1 N–H and O–H groups in total. The van der Waals surface area contributed by atoms with Crippen molar-refractivity contribution in [3.8, 4) is 5.75 Å². The Labute approximate surface area is 180 Å². The average molecular weight is 529 g/mol. The molecule has 1 saturated heterocycles. The number of rotatable bonds is 5. The lowest BCUT2D eigenvalue weighted by Crippen LogP contribution is -2.23. The number of hydrogen-bond donors (Lipinski definition) is 1. The molecule has 7 nitrogen and oxygen atoms in total. The molecule has 1 aliphatic heterocycles. The molecule has 0 unspecified atom stereocenters. The third kappa shape index (κ3) is 5.11. The van der Waals surface area contributed by atoms with Gasteiger partial charge in [-0.15, -0.1) is 5.10 Å². The van der Waals surface area contributed by atoms with Crippen LogP contribution < -0.4 is 9.50 Å². The summed E-state index contributed by atoms with van der Waals surface area (Å²) in [6.45, 7) is 3.64. The number of benzene rings is 2. The van der Waals surface area contributed by atoms with Crippen LogP contribution in [0.25, 0.3) is 0 Å². The lowest BCUT2D eigenvalue weighted by molar-refractivity contribution is -0.118. The van der Waals surface area contributed by atoms with Crippen LogP contribution in [-0.2, 0) is 14.9 Å². The van der Waals surface area contributed by atoms with E-state index in [-0.39, 0.29) is 21.8 Å². The van der Waals surface area contributed by atoms with Gasteiger partial charge in [-0.25, -0.2) is 0 Å². The Balaban J connectivity index is 1.85. The fourth-order valence-corrected chi connectivity index (χ4v) is 4.33. The Morgan fingerprint density at radius 1 is 1.21 bits per heavy atom. The second kappa shape index (κ2) is 8.62. The van der Waals surface area contributed by atoms with E-state index in [1.54, 1.807) is 37.3 Å². The zero-order valence-electron chi connectivity index (χ0n) is 14.9. The molecular weight excluding hydrogens is 513 g/mol. The highest BCUT2D eigenvalue weighted by Gasteiger charge is 2.25. The smallest absolute Gasteiger partial charge is 0.339 e. The minimum atomic E-state index is -3.98. The van der Waals surface area contributed by atoms with Gasteiger partial charge in [-0.3, -0.25) is 4.79 Å². The lowest BCUT2D eigenvalue weighted by Gasteiger charge is -2.10. The van der Waals surface area contributed by atoms with Gasteiger partial charge in [0.1, 0.15) is 4.90 Å². The molecule has 0 bridgehead atoms. The Morgan fingerprint density at radius 2 is 1.93 bits per heavy atom. The maximum absolute atomic E-state index is 12.6. The van der Waals surface area contributed by atoms with Gasteiger partial charge in [0.2, 0.25) is 5.91 Å². The predicted molar refractivity (Wildman–Crippen MR) is 118 cm³/mol. The number of aryl methyl sites for hydroxylation is 1. The van der Waals surface area contributed by atoms with Crippen molar-refractivity contribution >= 4 is 61.8 Å². The van der Waals surface area contributed by atoms with Gasteiger partial charge in [-0.2, -0.15) is 13.5 Å². The number of amidine groups is 1. The van der Waals surface area contributed by atoms with Crippen molar-refractivity contribution in [1.29, 1.82) is 0 Å². The summed E-state index contributed by atoms with van der Waals surface area (Å²) in [4.78, 5) is 11.5. The van der Waals surface area contributed by atoms with Gasteiger partial charge >= 0.3 is 10.1 Å². The van der Waals surface area contributed by atoms with Gasteiger partial charge in [0.15, 0.2) is 10.9 Å². The Morgan fingerprint density at radius 3 is 2.57 bits per heavy atom. The van der Waals surface area contributed by atoms with Crippen LogP contribution in [0.4, 0.5) is 0 Å². The summed E-state index contributed by atoms with van der Waals surface area (Å²) in [5.74, 6) is 0.0201. The fourth-order valence-electron chi connectivity index (χ4n) is 2.26. The van der Waals surface area contributed by atoms with Crippen molar-refractivity contribution in [2.24, 2.45) is 10.2 Å². The third-order valence-electron chi connectivity index (χ3n) is 3.70. The second-order valence-electron chi connectivity index (χ2n) is 5.93. The summed E-state index contributed by atoms with van der Waals surface area (Å²) in [7, 11) is -3.98. The molecule has 1 aliphatic rings. The molecule has 1 atom stereocenters. The van der Waals surface area contributed by atoms with Crippen molar-refractivity contribution in [1.82, 2.24) is 5.32 Å². The van der Waals surface area contributed by atoms with Crippen LogP contribution in [0.3, 0.4) is 0 Å². The molecule has 1 amide bonds. The molecule has 2 aromatic carbocycles. The summed E-state index contributed by atoms with van der Waals surface area (Å²) in [5, 5.41) is 10.7. The van der Waals surface area contributed by atoms with Crippen molar-refractivity contribution in [2.75, 3.05) is 0 Å². The molecule has 1 fully saturated rings. The highest BCUT2D eigenvalue weighted by molar-refractivity contribution is 14.1. The highest BCUT2D eigenvalue weighted by atomic mass is 127. The first-order valence-electron chi connectivity index (χ1n) is 8.14. The first-order valence-corrected chi connectivity index (χ1v) is 11.5. The van der Waals surface area contributed by atoms with Crippen LogP contribution in [0.5, 0.6) is 5.75 Å². The summed E-state index contributed by atoms with van der Waals surface area (Å²) in [5.41, 5.74) is 1.37. The number of nitrogens with zero attached hydrogens (tertiary/aromatic N) is 2. The van der Waals surface area contributed by atoms with Gasteiger partial charge in [0, 0.05) is 9.13 Å². The van der Waals surface area contributed by atoms with E-state index >= 15 is 0 Å². The zero-order valence-corrected chi connectivity index (χ0v) is 18.7. The second-order valence-corrected chi connectivity index (χ2v) is 10.1. The SMILES string of the molecule is Cc1ccc(OS(=O)(=O)c2ccc(I)cc2)c(C=NN=C2NC(=O)[C@H](C)S2)c1. The maximum atomic E-state index is 12.6. The molecule has 0 saturated carbocycles. The van der Waals surface area contributed by atoms with Crippen LogP contribution >= 0.6 is 34.4 Å². The van der Waals surface area contributed by atoms with Crippen molar-refractivity contribution < 1.29 is 17.4 Å². The van der Waals surface area contributed by atoms with Gasteiger partial charge in [0.25, 0.3) is 0 Å². The quantitative estimate of drug-likeness (QED) is 0.278. The Bertz CT molecular complexity index is 1070. The van der Waals surface area contributed by atoms with E-state index in [0.29, 0.717) is 10.7 Å². The largest absolute Gasteiger partial charge is 0.378 e. The molecule has 0 aromatic heterocycles. The number of carbonyl (C=O) groups is 1. The summed E-state index contributed by atoms with van der Waals surface area (Å²) in [6.07, 6.45) is 1.40. The van der Waals surface area contributed by atoms with Gasteiger partial charge in [0.05, 0.1) is 11.5 Å². The van der Waals surface area contributed by atoms with Crippen molar-refractivity contribution in [2.45, 2.75) is 24.0 Å². The van der Waals surface area contributed by atoms with Gasteiger partial charge in [-0.05, 0) is 72.8 Å². The van der Waals surface area contributed by atoms with E-state index in [0.717, 1.165) is 9.13 Å². The number of amides is 1. The maximum Gasteiger partial charge on any atom is 0.339 e. The molecule has 3 rings (SSSR count). The van der Waals surface area contributed by atoms with E-state index in [9.17, 15) is 13.2 Å². The molecule has 0 radical (unpaired) electrons. The van der Waals surface area contributed by atoms with Crippen LogP contribution in [0.1, 0.15) is 18.1 Å². The molecule has 146 valence electrons. The summed E-state index contributed by atoms with van der Waals surface area (Å²) < 4.78 is 31.4. The number of halogens is 1. The van der Waals surface area contributed by atoms with E-state index < -0.39 is 10.1 Å². The number of thioether (sulfide) groups is 1. The molecular formula is C18H16IN3O4S2. The minimum Gasteiger partial charge on any atom is -0.378 e. The molecule has 0 spiro atoms. The number of hydrogen-bond acceptors (Lipinski definition) is 7. The van der Waals surface area contributed by atoms with Crippen LogP contribution in [0.2, 0.25) is 0 Å². The van der Waals surface area contributed by atoms with Crippen molar-refractivity contribution in [3.63, 3.8) is 0 Å². The molecule has 1 heterocycles. The van der Waals surface area contributed by atoms with Crippen LogP contribution in [0.15, 0.2) is 57.6 Å². The lowest BCUT2D eigenvalue weighted by atomic mass is 10.1. The topological polar surface area (TPSA) is 97.2 Å². The van der Waals surface area contributed by atoms with E-state index in [1.807, 2.05) is 6.92 Å². The zero-order chi connectivity index (χ0) is 20.3. The normalized spacial score (nSPS) is 18.6. The fraction of sp³-hybridized carbons (Fsp3) is 0.167. The highest BCUT2D eigenvalue weighted by Crippen LogP contribution is 2.24. The standard InChI is InChI=1S/C18H16IN3O4S2/c1-11-3-8-16(26-28(24,25)15-6-4-14(19)5-7-15)13(9-11)10-20-22-18-21-17(23)12(2)27-18/h3-10,12H,1-2H3,(H,21,22,23)/t12-/m0/s1. The summed E-state index contributed by atoms with van der Waals surface area (Å²) >= 11 is 3.37. The minimum absolute atomic E-state index is 0.0654. The van der Waals surface area contributed by atoms with Gasteiger partial charge in [-0.1, -0.05) is 23.4 Å². The first kappa shape index (κ1) is 20.8. The molecule has 28 heavy (non-hydrogen) atoms. The van der Waals surface area contributed by atoms with Crippen molar-refractivity contribution in [3.05, 3.63) is 57.2 Å². The monoisotopic (exact) mass is 529 g/mol. The molecule has 0 aliphatic carbocycles. The predicted octanol–water partition coefficient (Wildman–Crippen LogP) is 3.31. The molecule has 10 heteroatoms. The third-order valence-corrected chi connectivity index (χ3v) is 6.64. The first-order chi connectivity index (χ1) is 13.2.